The first-order valence-corrected chi connectivity index (χ1v) is 9.61. The zero-order valence-electron chi connectivity index (χ0n) is 14.7. The summed E-state index contributed by atoms with van der Waals surface area (Å²) in [5, 5.41) is 1.54. The van der Waals surface area contributed by atoms with E-state index in [1.165, 1.54) is 12.3 Å². The Labute approximate surface area is 169 Å². The van der Waals surface area contributed by atoms with Gasteiger partial charge in [0.05, 0.1) is 17.4 Å². The van der Waals surface area contributed by atoms with E-state index in [0.29, 0.717) is 10.7 Å². The van der Waals surface area contributed by atoms with Crippen molar-refractivity contribution in [3.8, 4) is 5.69 Å². The second kappa shape index (κ2) is 7.18. The predicted octanol–water partition coefficient (Wildman–Crippen LogP) is 7.16. The number of aromatic nitrogens is 2. The highest BCUT2D eigenvalue weighted by molar-refractivity contribution is 7.99. The molecule has 2 aromatic carbocycles. The molecule has 0 saturated heterocycles. The van der Waals surface area contributed by atoms with Crippen LogP contribution in [-0.2, 0) is 6.18 Å². The van der Waals surface area contributed by atoms with Crippen LogP contribution < -0.4 is 0 Å². The molecule has 0 bridgehead atoms. The maximum atomic E-state index is 12.9. The number of hydrogen-bond donors (Lipinski definition) is 0. The number of hydrogen-bond acceptors (Lipinski definition) is 2. The van der Waals surface area contributed by atoms with E-state index >= 15 is 0 Å². The topological polar surface area (TPSA) is 17.8 Å². The van der Waals surface area contributed by atoms with Crippen molar-refractivity contribution in [2.24, 2.45) is 0 Å². The van der Waals surface area contributed by atoms with Gasteiger partial charge in [-0.3, -0.25) is 0 Å². The summed E-state index contributed by atoms with van der Waals surface area (Å²) >= 11 is 7.81. The van der Waals surface area contributed by atoms with E-state index in [2.05, 4.69) is 4.98 Å². The highest BCUT2D eigenvalue weighted by Gasteiger charge is 2.32. The standard InChI is InChI=1S/C21H14ClF3N2S/c1-13-20(28-16-5-3-2-4-6-16)17-9-7-14(22)11-18(17)27(13)15-8-10-19(26-12-15)21(23,24)25/h2-12H,1H3. The second-order valence-electron chi connectivity index (χ2n) is 6.23. The summed E-state index contributed by atoms with van der Waals surface area (Å²) in [6.45, 7) is 1.94. The van der Waals surface area contributed by atoms with E-state index in [1.54, 1.807) is 11.8 Å². The van der Waals surface area contributed by atoms with Crippen LogP contribution >= 0.6 is 23.4 Å². The van der Waals surface area contributed by atoms with E-state index in [9.17, 15) is 13.2 Å². The van der Waals surface area contributed by atoms with Crippen molar-refractivity contribution >= 4 is 34.3 Å². The minimum Gasteiger partial charge on any atom is -0.311 e. The molecular formula is C21H14ClF3N2S. The Balaban J connectivity index is 1.88. The molecule has 0 spiro atoms. The van der Waals surface area contributed by atoms with E-state index in [0.717, 1.165) is 32.5 Å². The summed E-state index contributed by atoms with van der Waals surface area (Å²) in [6.07, 6.45) is -3.23. The molecule has 28 heavy (non-hydrogen) atoms. The molecule has 0 atom stereocenters. The largest absolute Gasteiger partial charge is 0.433 e. The highest BCUT2D eigenvalue weighted by atomic mass is 35.5. The molecule has 0 amide bonds. The predicted molar refractivity (Wildman–Crippen MR) is 106 cm³/mol. The Morgan fingerprint density at radius 2 is 1.75 bits per heavy atom. The van der Waals surface area contributed by atoms with Gasteiger partial charge in [-0.1, -0.05) is 47.6 Å². The van der Waals surface area contributed by atoms with Crippen molar-refractivity contribution < 1.29 is 13.2 Å². The van der Waals surface area contributed by atoms with Gasteiger partial charge in [0, 0.05) is 25.9 Å². The molecule has 0 aliphatic rings. The molecule has 7 heteroatoms. The number of alkyl halides is 3. The maximum Gasteiger partial charge on any atom is 0.433 e. The summed E-state index contributed by atoms with van der Waals surface area (Å²) in [5.74, 6) is 0. The summed E-state index contributed by atoms with van der Waals surface area (Å²) < 4.78 is 40.5. The third kappa shape index (κ3) is 3.50. The van der Waals surface area contributed by atoms with Crippen LogP contribution in [0.4, 0.5) is 13.2 Å². The monoisotopic (exact) mass is 418 g/mol. The van der Waals surface area contributed by atoms with Crippen molar-refractivity contribution in [2.45, 2.75) is 22.9 Å². The molecule has 2 aromatic heterocycles. The lowest BCUT2D eigenvalue weighted by atomic mass is 10.2. The molecule has 0 aliphatic heterocycles. The highest BCUT2D eigenvalue weighted by Crippen LogP contribution is 2.40. The molecule has 4 aromatic rings. The summed E-state index contributed by atoms with van der Waals surface area (Å²) in [4.78, 5) is 5.70. The number of pyridine rings is 1. The Morgan fingerprint density at radius 1 is 1.00 bits per heavy atom. The fraction of sp³-hybridized carbons (Fsp3) is 0.0952. The van der Waals surface area contributed by atoms with Crippen molar-refractivity contribution in [1.29, 1.82) is 0 Å². The van der Waals surface area contributed by atoms with E-state index in [-0.39, 0.29) is 0 Å². The molecule has 2 heterocycles. The molecular weight excluding hydrogens is 405 g/mol. The average Bonchev–Trinajstić information content (AvgIpc) is 2.93. The van der Waals surface area contributed by atoms with Gasteiger partial charge >= 0.3 is 6.18 Å². The first-order chi connectivity index (χ1) is 13.3. The molecule has 0 unspecified atom stereocenters. The second-order valence-corrected chi connectivity index (χ2v) is 7.75. The van der Waals surface area contributed by atoms with E-state index < -0.39 is 11.9 Å². The van der Waals surface area contributed by atoms with Gasteiger partial charge in [-0.25, -0.2) is 4.98 Å². The first kappa shape index (κ1) is 18.9. The van der Waals surface area contributed by atoms with Crippen LogP contribution in [0.15, 0.2) is 76.7 Å². The average molecular weight is 419 g/mol. The lowest BCUT2D eigenvalue weighted by Gasteiger charge is -2.11. The Hall–Kier alpha value is -2.44. The van der Waals surface area contributed by atoms with Gasteiger partial charge in [0.25, 0.3) is 0 Å². The van der Waals surface area contributed by atoms with Gasteiger partial charge in [0.2, 0.25) is 0 Å². The molecule has 0 N–H and O–H groups in total. The van der Waals surface area contributed by atoms with E-state index in [4.69, 9.17) is 11.6 Å². The third-order valence-electron chi connectivity index (χ3n) is 4.37. The molecule has 0 aliphatic carbocycles. The van der Waals surface area contributed by atoms with Crippen LogP contribution in [0.5, 0.6) is 0 Å². The van der Waals surface area contributed by atoms with Gasteiger partial charge in [-0.05, 0) is 43.3 Å². The minimum atomic E-state index is -4.47. The van der Waals surface area contributed by atoms with Gasteiger partial charge in [-0.2, -0.15) is 13.2 Å². The fourth-order valence-electron chi connectivity index (χ4n) is 3.11. The Kier molecular flexibility index (Phi) is 4.85. The third-order valence-corrected chi connectivity index (χ3v) is 5.83. The number of benzene rings is 2. The summed E-state index contributed by atoms with van der Waals surface area (Å²) in [6, 6.07) is 17.9. The molecule has 0 fully saturated rings. The van der Waals surface area contributed by atoms with Crippen molar-refractivity contribution in [3.05, 3.63) is 83.3 Å². The van der Waals surface area contributed by atoms with Crippen LogP contribution in [0.3, 0.4) is 0 Å². The molecule has 2 nitrogen and oxygen atoms in total. The van der Waals surface area contributed by atoms with Crippen LogP contribution in [-0.4, -0.2) is 9.55 Å². The zero-order valence-corrected chi connectivity index (χ0v) is 16.2. The lowest BCUT2D eigenvalue weighted by molar-refractivity contribution is -0.141. The fourth-order valence-corrected chi connectivity index (χ4v) is 4.33. The maximum absolute atomic E-state index is 12.9. The number of rotatable bonds is 3. The minimum absolute atomic E-state index is 0.553. The zero-order chi connectivity index (χ0) is 19.9. The van der Waals surface area contributed by atoms with Crippen molar-refractivity contribution in [2.75, 3.05) is 0 Å². The molecule has 4 rings (SSSR count). The first-order valence-electron chi connectivity index (χ1n) is 8.41. The summed E-state index contributed by atoms with van der Waals surface area (Å²) in [5.41, 5.74) is 1.37. The van der Waals surface area contributed by atoms with Crippen LogP contribution in [0.25, 0.3) is 16.6 Å². The molecule has 0 radical (unpaired) electrons. The number of nitrogens with zero attached hydrogens (tertiary/aromatic N) is 2. The van der Waals surface area contributed by atoms with Crippen LogP contribution in [0, 0.1) is 6.92 Å². The Morgan fingerprint density at radius 3 is 2.39 bits per heavy atom. The van der Waals surface area contributed by atoms with E-state index in [1.807, 2.05) is 60.0 Å². The van der Waals surface area contributed by atoms with Gasteiger partial charge in [-0.15, -0.1) is 0 Å². The van der Waals surface area contributed by atoms with Crippen molar-refractivity contribution in [3.63, 3.8) is 0 Å². The molecule has 0 saturated carbocycles. The number of fused-ring (bicyclic) bond motifs is 1. The van der Waals surface area contributed by atoms with Gasteiger partial charge < -0.3 is 4.57 Å². The smallest absolute Gasteiger partial charge is 0.311 e. The van der Waals surface area contributed by atoms with Crippen LogP contribution in [0.1, 0.15) is 11.4 Å². The Bertz CT molecular complexity index is 1140. The normalized spacial score (nSPS) is 11.9. The van der Waals surface area contributed by atoms with Crippen molar-refractivity contribution in [1.82, 2.24) is 9.55 Å². The molecule has 142 valence electrons. The SMILES string of the molecule is Cc1c(Sc2ccccc2)c2ccc(Cl)cc2n1-c1ccc(C(F)(F)F)nc1. The number of halogens is 4. The van der Waals surface area contributed by atoms with Crippen LogP contribution in [0.2, 0.25) is 5.02 Å². The van der Waals surface area contributed by atoms with Gasteiger partial charge in [0.15, 0.2) is 0 Å². The van der Waals surface area contributed by atoms with Gasteiger partial charge in [0.1, 0.15) is 5.69 Å². The lowest BCUT2D eigenvalue weighted by Crippen LogP contribution is -2.08. The summed E-state index contributed by atoms with van der Waals surface area (Å²) in [7, 11) is 0. The quantitative estimate of drug-likeness (QED) is 0.351.